The molecular weight excluding hydrogens is 221 g/mol. The average Bonchev–Trinajstić information content (AvgIpc) is 2.38. The van der Waals surface area contributed by atoms with E-state index in [1.165, 1.54) is 13.2 Å². The molecule has 0 N–H and O–H groups in total. The van der Waals surface area contributed by atoms with E-state index in [0.717, 1.165) is 11.6 Å². The molecule has 0 unspecified atom stereocenters. The van der Waals surface area contributed by atoms with Crippen LogP contribution in [0.5, 0.6) is 0 Å². The Morgan fingerprint density at radius 2 is 1.88 bits per heavy atom. The molecule has 17 heavy (non-hydrogen) atoms. The topological polar surface area (TPSA) is 39.2 Å². The lowest BCUT2D eigenvalue weighted by Gasteiger charge is -2.04. The molecule has 0 fully saturated rings. The van der Waals surface area contributed by atoms with Crippen molar-refractivity contribution in [3.05, 3.63) is 54.1 Å². The maximum absolute atomic E-state index is 13.4. The Balaban J connectivity index is 2.49. The van der Waals surface area contributed by atoms with E-state index in [1.54, 1.807) is 30.6 Å². The number of esters is 1. The second-order valence-electron chi connectivity index (χ2n) is 3.46. The number of hydrogen-bond donors (Lipinski definition) is 0. The Hall–Kier alpha value is -2.23. The Morgan fingerprint density at radius 3 is 2.53 bits per heavy atom. The smallest absolute Gasteiger partial charge is 0.337 e. The number of nitrogens with zero attached hydrogens (tertiary/aromatic N) is 1. The van der Waals surface area contributed by atoms with Crippen LogP contribution in [0.3, 0.4) is 0 Å². The number of pyridine rings is 1. The maximum atomic E-state index is 13.4. The molecule has 0 atom stereocenters. The van der Waals surface area contributed by atoms with Crippen LogP contribution < -0.4 is 0 Å². The molecule has 0 aliphatic heterocycles. The number of ether oxygens (including phenoxy) is 1. The van der Waals surface area contributed by atoms with Crippen molar-refractivity contribution in [2.45, 2.75) is 0 Å². The fourth-order valence-corrected chi connectivity index (χ4v) is 1.54. The van der Waals surface area contributed by atoms with Gasteiger partial charge in [-0.25, -0.2) is 9.18 Å². The summed E-state index contributed by atoms with van der Waals surface area (Å²) in [6.07, 6.45) is 3.22. The first-order valence-electron chi connectivity index (χ1n) is 5.00. The van der Waals surface area contributed by atoms with Gasteiger partial charge < -0.3 is 4.74 Å². The SMILES string of the molecule is COC(=O)c1cc(F)cc(-c2ccncc2)c1. The van der Waals surface area contributed by atoms with Crippen molar-refractivity contribution >= 4 is 5.97 Å². The summed E-state index contributed by atoms with van der Waals surface area (Å²) in [5, 5.41) is 0. The highest BCUT2D eigenvalue weighted by Crippen LogP contribution is 2.21. The second-order valence-corrected chi connectivity index (χ2v) is 3.46. The summed E-state index contributed by atoms with van der Waals surface area (Å²) in [5.74, 6) is -1.03. The summed E-state index contributed by atoms with van der Waals surface area (Å²) in [5.41, 5.74) is 1.61. The van der Waals surface area contributed by atoms with E-state index in [4.69, 9.17) is 0 Å². The summed E-state index contributed by atoms with van der Waals surface area (Å²) < 4.78 is 18.0. The van der Waals surface area contributed by atoms with Crippen LogP contribution in [0.4, 0.5) is 4.39 Å². The summed E-state index contributed by atoms with van der Waals surface area (Å²) in [6.45, 7) is 0. The van der Waals surface area contributed by atoms with E-state index in [2.05, 4.69) is 9.72 Å². The minimum atomic E-state index is -0.556. The Kier molecular flexibility index (Phi) is 3.14. The zero-order valence-electron chi connectivity index (χ0n) is 9.18. The van der Waals surface area contributed by atoms with Crippen LogP contribution in [0.1, 0.15) is 10.4 Å². The molecule has 2 aromatic rings. The van der Waals surface area contributed by atoms with E-state index >= 15 is 0 Å². The zero-order valence-corrected chi connectivity index (χ0v) is 9.18. The second kappa shape index (κ2) is 4.74. The molecule has 4 heteroatoms. The molecular formula is C13H10FNO2. The van der Waals surface area contributed by atoms with Crippen molar-refractivity contribution in [2.24, 2.45) is 0 Å². The van der Waals surface area contributed by atoms with Crippen LogP contribution in [0.15, 0.2) is 42.7 Å². The van der Waals surface area contributed by atoms with Gasteiger partial charge in [0, 0.05) is 12.4 Å². The number of carbonyl (C=O) groups is 1. The Labute approximate surface area is 97.9 Å². The Bertz CT molecular complexity index is 540. The van der Waals surface area contributed by atoms with Gasteiger partial charge in [0.15, 0.2) is 0 Å². The van der Waals surface area contributed by atoms with Gasteiger partial charge in [0.1, 0.15) is 5.82 Å². The fourth-order valence-electron chi connectivity index (χ4n) is 1.54. The number of carbonyl (C=O) groups excluding carboxylic acids is 1. The van der Waals surface area contributed by atoms with Crippen molar-refractivity contribution in [3.63, 3.8) is 0 Å². The molecule has 0 amide bonds. The van der Waals surface area contributed by atoms with Crippen LogP contribution in [0, 0.1) is 5.82 Å². The third-order valence-corrected chi connectivity index (χ3v) is 2.33. The number of benzene rings is 1. The molecule has 0 aliphatic carbocycles. The highest BCUT2D eigenvalue weighted by molar-refractivity contribution is 5.91. The lowest BCUT2D eigenvalue weighted by Crippen LogP contribution is -2.02. The van der Waals surface area contributed by atoms with Gasteiger partial charge in [0.05, 0.1) is 12.7 Å². The quantitative estimate of drug-likeness (QED) is 0.746. The molecule has 1 aromatic carbocycles. The number of rotatable bonds is 2. The molecule has 1 heterocycles. The van der Waals surface area contributed by atoms with E-state index in [1.807, 2.05) is 0 Å². The molecule has 2 rings (SSSR count). The maximum Gasteiger partial charge on any atom is 0.337 e. The predicted octanol–water partition coefficient (Wildman–Crippen LogP) is 2.67. The van der Waals surface area contributed by atoms with Crippen LogP contribution in [0.2, 0.25) is 0 Å². The average molecular weight is 231 g/mol. The van der Waals surface area contributed by atoms with Gasteiger partial charge in [-0.15, -0.1) is 0 Å². The van der Waals surface area contributed by atoms with Crippen molar-refractivity contribution in [1.82, 2.24) is 4.98 Å². The zero-order chi connectivity index (χ0) is 12.3. The van der Waals surface area contributed by atoms with Crippen molar-refractivity contribution < 1.29 is 13.9 Å². The number of methoxy groups -OCH3 is 1. The van der Waals surface area contributed by atoms with Gasteiger partial charge in [-0.3, -0.25) is 4.98 Å². The van der Waals surface area contributed by atoms with Gasteiger partial charge in [-0.2, -0.15) is 0 Å². The van der Waals surface area contributed by atoms with Crippen molar-refractivity contribution in [1.29, 1.82) is 0 Å². The molecule has 0 radical (unpaired) electrons. The van der Waals surface area contributed by atoms with Crippen LogP contribution in [0.25, 0.3) is 11.1 Å². The van der Waals surface area contributed by atoms with Gasteiger partial charge >= 0.3 is 5.97 Å². The van der Waals surface area contributed by atoms with Crippen LogP contribution >= 0.6 is 0 Å². The summed E-state index contributed by atoms with van der Waals surface area (Å²) in [6, 6.07) is 7.59. The Morgan fingerprint density at radius 1 is 1.18 bits per heavy atom. The van der Waals surface area contributed by atoms with Gasteiger partial charge in [0.2, 0.25) is 0 Å². The molecule has 86 valence electrons. The third-order valence-electron chi connectivity index (χ3n) is 2.33. The van der Waals surface area contributed by atoms with Crippen LogP contribution in [-0.2, 0) is 4.74 Å². The first-order valence-corrected chi connectivity index (χ1v) is 5.00. The lowest BCUT2D eigenvalue weighted by atomic mass is 10.0. The molecule has 0 bridgehead atoms. The summed E-state index contributed by atoms with van der Waals surface area (Å²) in [7, 11) is 1.26. The highest BCUT2D eigenvalue weighted by Gasteiger charge is 2.09. The van der Waals surface area contributed by atoms with Gasteiger partial charge in [0.25, 0.3) is 0 Å². The fraction of sp³-hybridized carbons (Fsp3) is 0.0769. The molecule has 0 spiro atoms. The minimum Gasteiger partial charge on any atom is -0.465 e. The first-order chi connectivity index (χ1) is 8.20. The normalized spacial score (nSPS) is 10.0. The van der Waals surface area contributed by atoms with Crippen molar-refractivity contribution in [2.75, 3.05) is 7.11 Å². The van der Waals surface area contributed by atoms with E-state index in [9.17, 15) is 9.18 Å². The van der Waals surface area contributed by atoms with Gasteiger partial charge in [-0.1, -0.05) is 0 Å². The van der Waals surface area contributed by atoms with E-state index in [-0.39, 0.29) is 5.56 Å². The first kappa shape index (κ1) is 11.3. The van der Waals surface area contributed by atoms with Crippen LogP contribution in [-0.4, -0.2) is 18.1 Å². The van der Waals surface area contributed by atoms with E-state index < -0.39 is 11.8 Å². The highest BCUT2D eigenvalue weighted by atomic mass is 19.1. The molecule has 3 nitrogen and oxygen atoms in total. The van der Waals surface area contributed by atoms with E-state index in [0.29, 0.717) is 5.56 Å². The summed E-state index contributed by atoms with van der Waals surface area (Å²) >= 11 is 0. The molecule has 0 saturated heterocycles. The van der Waals surface area contributed by atoms with Crippen molar-refractivity contribution in [3.8, 4) is 11.1 Å². The van der Waals surface area contributed by atoms with Gasteiger partial charge in [-0.05, 0) is 41.5 Å². The number of aromatic nitrogens is 1. The predicted molar refractivity (Wildman–Crippen MR) is 61.0 cm³/mol. The minimum absolute atomic E-state index is 0.194. The molecule has 0 saturated carbocycles. The standard InChI is InChI=1S/C13H10FNO2/c1-17-13(16)11-6-10(7-12(14)8-11)9-2-4-15-5-3-9/h2-8H,1H3. The molecule has 0 aliphatic rings. The summed E-state index contributed by atoms with van der Waals surface area (Å²) in [4.78, 5) is 15.2. The third kappa shape index (κ3) is 2.47. The molecule has 1 aromatic heterocycles. The lowest BCUT2D eigenvalue weighted by molar-refractivity contribution is 0.0600. The monoisotopic (exact) mass is 231 g/mol. The largest absolute Gasteiger partial charge is 0.465 e. The number of hydrogen-bond acceptors (Lipinski definition) is 3. The number of halogens is 1.